The molecule has 2 rings (SSSR count). The van der Waals surface area contributed by atoms with Gasteiger partial charge in [-0.2, -0.15) is 0 Å². The zero-order chi connectivity index (χ0) is 6.97. The standard InChI is InChI=1S/C6H3N3S/c10-6-4-2-1-3-7-5(4)8-9-6/h1-3H. The lowest BCUT2D eigenvalue weighted by Gasteiger charge is -1.88. The van der Waals surface area contributed by atoms with Crippen molar-refractivity contribution in [1.82, 2.24) is 4.98 Å². The van der Waals surface area contributed by atoms with Crippen LogP contribution < -0.4 is 0 Å². The van der Waals surface area contributed by atoms with Crippen LogP contribution in [0.1, 0.15) is 5.56 Å². The number of nitrogens with zero attached hydrogens (tertiary/aromatic N) is 3. The van der Waals surface area contributed by atoms with Crippen LogP contribution >= 0.6 is 12.2 Å². The number of azo groups is 1. The minimum atomic E-state index is 0.531. The predicted octanol–water partition coefficient (Wildman–Crippen LogP) is 1.85. The Morgan fingerprint density at radius 1 is 1.30 bits per heavy atom. The van der Waals surface area contributed by atoms with E-state index in [1.54, 1.807) is 6.20 Å². The van der Waals surface area contributed by atoms with Gasteiger partial charge in [0.05, 0.1) is 5.56 Å². The van der Waals surface area contributed by atoms with Gasteiger partial charge >= 0.3 is 0 Å². The van der Waals surface area contributed by atoms with Gasteiger partial charge in [0, 0.05) is 6.20 Å². The van der Waals surface area contributed by atoms with E-state index in [1.807, 2.05) is 12.1 Å². The first-order valence-corrected chi connectivity index (χ1v) is 3.20. The number of fused-ring (bicyclic) bond motifs is 1. The smallest absolute Gasteiger partial charge is 0.184 e. The average Bonchev–Trinajstić information content (AvgIpc) is 2.34. The van der Waals surface area contributed by atoms with Gasteiger partial charge < -0.3 is 0 Å². The van der Waals surface area contributed by atoms with Gasteiger partial charge in [0.15, 0.2) is 10.8 Å². The van der Waals surface area contributed by atoms with E-state index in [1.165, 1.54) is 0 Å². The molecule has 3 nitrogen and oxygen atoms in total. The first-order valence-electron chi connectivity index (χ1n) is 2.79. The van der Waals surface area contributed by atoms with E-state index < -0.39 is 0 Å². The fourth-order valence-electron chi connectivity index (χ4n) is 0.790. The van der Waals surface area contributed by atoms with Gasteiger partial charge in [-0.25, -0.2) is 4.98 Å². The lowest BCUT2D eigenvalue weighted by Crippen LogP contribution is -1.86. The summed E-state index contributed by atoms with van der Waals surface area (Å²) in [6, 6.07) is 3.69. The van der Waals surface area contributed by atoms with Crippen LogP contribution in [0.25, 0.3) is 0 Å². The van der Waals surface area contributed by atoms with Crippen molar-refractivity contribution < 1.29 is 0 Å². The molecule has 10 heavy (non-hydrogen) atoms. The molecule has 1 aliphatic heterocycles. The van der Waals surface area contributed by atoms with Crippen LogP contribution in [0, 0.1) is 0 Å². The maximum atomic E-state index is 4.87. The molecule has 0 spiro atoms. The van der Waals surface area contributed by atoms with Crippen molar-refractivity contribution >= 4 is 23.0 Å². The molecule has 0 radical (unpaired) electrons. The minimum Gasteiger partial charge on any atom is -0.235 e. The Morgan fingerprint density at radius 2 is 2.20 bits per heavy atom. The van der Waals surface area contributed by atoms with E-state index in [0.717, 1.165) is 5.56 Å². The number of pyridine rings is 1. The summed E-state index contributed by atoms with van der Waals surface area (Å²) in [5.74, 6) is 0.632. The zero-order valence-corrected chi connectivity index (χ0v) is 5.80. The summed E-state index contributed by atoms with van der Waals surface area (Å²) in [5.41, 5.74) is 0.859. The third kappa shape index (κ3) is 0.657. The van der Waals surface area contributed by atoms with Crippen molar-refractivity contribution in [2.24, 2.45) is 10.2 Å². The SMILES string of the molecule is S=C1N=Nc2ncccc21. The zero-order valence-electron chi connectivity index (χ0n) is 4.98. The van der Waals surface area contributed by atoms with Crippen LogP contribution in [0.15, 0.2) is 28.6 Å². The summed E-state index contributed by atoms with van der Waals surface area (Å²) < 4.78 is 0. The molecule has 48 valence electrons. The molecule has 1 aliphatic rings. The molecule has 0 saturated carbocycles. The van der Waals surface area contributed by atoms with Gasteiger partial charge in [-0.3, -0.25) is 0 Å². The summed E-state index contributed by atoms with van der Waals surface area (Å²) in [6.07, 6.45) is 1.67. The Labute approximate surface area is 62.8 Å². The fourth-order valence-corrected chi connectivity index (χ4v) is 0.990. The molecule has 0 bridgehead atoms. The molecule has 0 fully saturated rings. The van der Waals surface area contributed by atoms with E-state index in [-0.39, 0.29) is 0 Å². The van der Waals surface area contributed by atoms with Crippen LogP contribution in [-0.2, 0) is 0 Å². The Bertz CT molecular complexity index is 319. The molecule has 1 aromatic heterocycles. The number of aromatic nitrogens is 1. The molecule has 0 aromatic carbocycles. The molecule has 0 aliphatic carbocycles. The molecular formula is C6H3N3S. The van der Waals surface area contributed by atoms with Crippen molar-refractivity contribution in [2.75, 3.05) is 0 Å². The van der Waals surface area contributed by atoms with Gasteiger partial charge in [-0.05, 0) is 12.1 Å². The highest BCUT2D eigenvalue weighted by molar-refractivity contribution is 7.80. The van der Waals surface area contributed by atoms with Crippen molar-refractivity contribution in [3.63, 3.8) is 0 Å². The third-order valence-corrected chi connectivity index (χ3v) is 1.55. The third-order valence-electron chi connectivity index (χ3n) is 1.25. The van der Waals surface area contributed by atoms with E-state index in [2.05, 4.69) is 15.2 Å². The van der Waals surface area contributed by atoms with E-state index in [9.17, 15) is 0 Å². The molecule has 0 unspecified atom stereocenters. The van der Waals surface area contributed by atoms with Gasteiger partial charge in [0.2, 0.25) is 0 Å². The second-order valence-electron chi connectivity index (χ2n) is 1.88. The van der Waals surface area contributed by atoms with Crippen LogP contribution in [-0.4, -0.2) is 9.97 Å². The second-order valence-corrected chi connectivity index (χ2v) is 2.27. The fraction of sp³-hybridized carbons (Fsp3) is 0. The average molecular weight is 149 g/mol. The molecule has 0 amide bonds. The molecular weight excluding hydrogens is 146 g/mol. The molecule has 0 N–H and O–H groups in total. The van der Waals surface area contributed by atoms with Crippen molar-refractivity contribution in [1.29, 1.82) is 0 Å². The number of rotatable bonds is 0. The Morgan fingerprint density at radius 3 is 3.00 bits per heavy atom. The van der Waals surface area contributed by atoms with Crippen LogP contribution in [0.5, 0.6) is 0 Å². The highest BCUT2D eigenvalue weighted by Crippen LogP contribution is 2.23. The normalized spacial score (nSPS) is 13.8. The minimum absolute atomic E-state index is 0.531. The van der Waals surface area contributed by atoms with E-state index in [0.29, 0.717) is 10.8 Å². The predicted molar refractivity (Wildman–Crippen MR) is 40.5 cm³/mol. The van der Waals surface area contributed by atoms with E-state index in [4.69, 9.17) is 12.2 Å². The van der Waals surface area contributed by atoms with E-state index >= 15 is 0 Å². The first-order chi connectivity index (χ1) is 4.88. The summed E-state index contributed by atoms with van der Waals surface area (Å²) in [5, 5.41) is 7.45. The molecule has 4 heteroatoms. The lowest BCUT2D eigenvalue weighted by molar-refractivity contribution is 1.22. The lowest BCUT2D eigenvalue weighted by atomic mass is 10.3. The monoisotopic (exact) mass is 149 g/mol. The van der Waals surface area contributed by atoms with Crippen molar-refractivity contribution in [3.05, 3.63) is 23.9 Å². The largest absolute Gasteiger partial charge is 0.235 e. The maximum Gasteiger partial charge on any atom is 0.184 e. The van der Waals surface area contributed by atoms with Gasteiger partial charge in [-0.15, -0.1) is 10.2 Å². The molecule has 2 heterocycles. The number of thiocarbonyl (C=S) groups is 1. The highest BCUT2D eigenvalue weighted by Gasteiger charge is 2.12. The maximum absolute atomic E-state index is 4.87. The van der Waals surface area contributed by atoms with Crippen molar-refractivity contribution in [3.8, 4) is 0 Å². The number of hydrogen-bond acceptors (Lipinski definition) is 3. The highest BCUT2D eigenvalue weighted by atomic mass is 32.1. The summed E-state index contributed by atoms with van der Waals surface area (Å²) in [7, 11) is 0. The second kappa shape index (κ2) is 1.91. The quantitative estimate of drug-likeness (QED) is 0.528. The summed E-state index contributed by atoms with van der Waals surface area (Å²) in [4.78, 5) is 4.49. The molecule has 0 atom stereocenters. The first kappa shape index (κ1) is 5.61. The Balaban J connectivity index is 2.70. The van der Waals surface area contributed by atoms with Gasteiger partial charge in [0.1, 0.15) is 0 Å². The summed E-state index contributed by atoms with van der Waals surface area (Å²) >= 11 is 4.87. The Hall–Kier alpha value is -1.16. The number of hydrogen-bond donors (Lipinski definition) is 0. The van der Waals surface area contributed by atoms with Crippen LogP contribution in [0.3, 0.4) is 0 Å². The van der Waals surface area contributed by atoms with Crippen LogP contribution in [0.2, 0.25) is 0 Å². The van der Waals surface area contributed by atoms with Crippen molar-refractivity contribution in [2.45, 2.75) is 0 Å². The van der Waals surface area contributed by atoms with Crippen LogP contribution in [0.4, 0.5) is 5.82 Å². The summed E-state index contributed by atoms with van der Waals surface area (Å²) in [6.45, 7) is 0. The molecule has 1 aromatic rings. The molecule has 0 saturated heterocycles. The Kier molecular flexibility index (Phi) is 1.07. The van der Waals surface area contributed by atoms with Gasteiger partial charge in [0.25, 0.3) is 0 Å². The topological polar surface area (TPSA) is 37.6 Å². The van der Waals surface area contributed by atoms with Gasteiger partial charge in [-0.1, -0.05) is 12.2 Å².